The molecule has 0 radical (unpaired) electrons. The fourth-order valence-electron chi connectivity index (χ4n) is 3.29. The lowest BCUT2D eigenvalue weighted by Crippen LogP contribution is -2.28. The second-order valence-electron chi connectivity index (χ2n) is 6.56. The molecule has 1 aliphatic rings. The van der Waals surface area contributed by atoms with Gasteiger partial charge in [-0.25, -0.2) is 4.98 Å². The quantitative estimate of drug-likeness (QED) is 0.839. The lowest BCUT2D eigenvalue weighted by Gasteiger charge is -2.27. The van der Waals surface area contributed by atoms with E-state index >= 15 is 0 Å². The van der Waals surface area contributed by atoms with Crippen molar-refractivity contribution in [3.63, 3.8) is 0 Å². The first-order valence-electron chi connectivity index (χ1n) is 8.22. The predicted molar refractivity (Wildman–Crippen MR) is 97.4 cm³/mol. The molecule has 0 amide bonds. The Morgan fingerprint density at radius 2 is 1.74 bits per heavy atom. The Labute approximate surface area is 146 Å². The SMILES string of the molecule is Cc1cc(-n2c(C)ccc2C)nc(N[C@H]2CC[C@H](O)CC2)c1Br. The van der Waals surface area contributed by atoms with Gasteiger partial charge in [0.1, 0.15) is 11.6 Å². The largest absolute Gasteiger partial charge is 0.393 e. The monoisotopic (exact) mass is 377 g/mol. The number of aliphatic hydroxyl groups is 1. The van der Waals surface area contributed by atoms with Crippen molar-refractivity contribution < 1.29 is 5.11 Å². The molecule has 2 N–H and O–H groups in total. The molecule has 1 aliphatic carbocycles. The van der Waals surface area contributed by atoms with Crippen molar-refractivity contribution in [1.82, 2.24) is 9.55 Å². The van der Waals surface area contributed by atoms with Gasteiger partial charge in [0.25, 0.3) is 0 Å². The number of aliphatic hydroxyl groups excluding tert-OH is 1. The van der Waals surface area contributed by atoms with Crippen LogP contribution in [0, 0.1) is 20.8 Å². The number of hydrogen-bond donors (Lipinski definition) is 2. The Bertz CT molecular complexity index is 683. The third-order valence-corrected chi connectivity index (χ3v) is 5.66. The van der Waals surface area contributed by atoms with Gasteiger partial charge in [-0.3, -0.25) is 0 Å². The number of halogens is 1. The van der Waals surface area contributed by atoms with Crippen LogP contribution in [0.1, 0.15) is 42.6 Å². The van der Waals surface area contributed by atoms with Crippen molar-refractivity contribution >= 4 is 21.7 Å². The summed E-state index contributed by atoms with van der Waals surface area (Å²) in [5.74, 6) is 1.85. The van der Waals surface area contributed by atoms with Gasteiger partial charge in [0.2, 0.25) is 0 Å². The third kappa shape index (κ3) is 3.45. The number of aryl methyl sites for hydroxylation is 3. The Morgan fingerprint density at radius 1 is 1.13 bits per heavy atom. The van der Waals surface area contributed by atoms with Gasteiger partial charge in [0.05, 0.1) is 10.6 Å². The maximum Gasteiger partial charge on any atom is 0.143 e. The van der Waals surface area contributed by atoms with E-state index in [0.717, 1.165) is 41.8 Å². The van der Waals surface area contributed by atoms with Gasteiger partial charge >= 0.3 is 0 Å². The molecular formula is C18H24BrN3O. The molecule has 0 saturated heterocycles. The van der Waals surface area contributed by atoms with E-state index in [-0.39, 0.29) is 6.10 Å². The zero-order valence-electron chi connectivity index (χ0n) is 13.9. The summed E-state index contributed by atoms with van der Waals surface area (Å²) in [6.45, 7) is 6.29. The number of nitrogens with zero attached hydrogens (tertiary/aromatic N) is 2. The second-order valence-corrected chi connectivity index (χ2v) is 7.35. The molecule has 4 nitrogen and oxygen atoms in total. The molecule has 3 rings (SSSR count). The van der Waals surface area contributed by atoms with E-state index in [1.165, 1.54) is 17.0 Å². The van der Waals surface area contributed by atoms with Crippen LogP contribution >= 0.6 is 15.9 Å². The summed E-state index contributed by atoms with van der Waals surface area (Å²) in [6, 6.07) is 6.72. The molecule has 0 unspecified atom stereocenters. The lowest BCUT2D eigenvalue weighted by atomic mass is 9.93. The van der Waals surface area contributed by atoms with Crippen molar-refractivity contribution in [1.29, 1.82) is 0 Å². The molecule has 2 aromatic rings. The standard InChI is InChI=1S/C18H24BrN3O/c1-11-10-16(22-12(2)4-5-13(22)3)21-18(17(11)19)20-14-6-8-15(23)9-7-14/h4-5,10,14-15,23H,6-9H2,1-3H3,(H,20,21)/t14-,15-. The minimum atomic E-state index is -0.136. The van der Waals surface area contributed by atoms with Gasteiger partial charge in [0.15, 0.2) is 0 Å². The van der Waals surface area contributed by atoms with E-state index in [1.54, 1.807) is 0 Å². The van der Waals surface area contributed by atoms with Crippen LogP contribution in [0.4, 0.5) is 5.82 Å². The third-order valence-electron chi connectivity index (χ3n) is 4.66. The van der Waals surface area contributed by atoms with E-state index in [1.807, 2.05) is 0 Å². The molecule has 1 saturated carbocycles. The molecule has 2 heterocycles. The second kappa shape index (κ2) is 6.65. The highest BCUT2D eigenvalue weighted by molar-refractivity contribution is 9.10. The maximum absolute atomic E-state index is 9.67. The predicted octanol–water partition coefficient (Wildman–Crippen LogP) is 4.28. The summed E-state index contributed by atoms with van der Waals surface area (Å²) in [5, 5.41) is 13.2. The summed E-state index contributed by atoms with van der Waals surface area (Å²) in [7, 11) is 0. The van der Waals surface area contributed by atoms with Crippen molar-refractivity contribution in [2.75, 3.05) is 5.32 Å². The van der Waals surface area contributed by atoms with Crippen LogP contribution in [-0.4, -0.2) is 26.8 Å². The topological polar surface area (TPSA) is 50.1 Å². The summed E-state index contributed by atoms with van der Waals surface area (Å²) >= 11 is 3.67. The van der Waals surface area contributed by atoms with Crippen LogP contribution in [-0.2, 0) is 0 Å². The first-order valence-corrected chi connectivity index (χ1v) is 9.02. The van der Waals surface area contributed by atoms with E-state index in [9.17, 15) is 5.11 Å². The molecule has 0 spiro atoms. The molecular weight excluding hydrogens is 354 g/mol. The van der Waals surface area contributed by atoms with E-state index in [2.05, 4.69) is 64.8 Å². The first-order chi connectivity index (χ1) is 11.0. The van der Waals surface area contributed by atoms with Gasteiger partial charge in [-0.15, -0.1) is 0 Å². The van der Waals surface area contributed by atoms with Gasteiger partial charge < -0.3 is 15.0 Å². The maximum atomic E-state index is 9.67. The highest BCUT2D eigenvalue weighted by Gasteiger charge is 2.21. The Hall–Kier alpha value is -1.33. The molecule has 0 aromatic carbocycles. The zero-order chi connectivity index (χ0) is 16.6. The highest BCUT2D eigenvalue weighted by Crippen LogP contribution is 2.30. The van der Waals surface area contributed by atoms with Crippen LogP contribution in [0.3, 0.4) is 0 Å². The fraction of sp³-hybridized carbons (Fsp3) is 0.500. The lowest BCUT2D eigenvalue weighted by molar-refractivity contribution is 0.126. The van der Waals surface area contributed by atoms with Crippen molar-refractivity contribution in [3.8, 4) is 5.82 Å². The average Bonchev–Trinajstić information content (AvgIpc) is 2.85. The van der Waals surface area contributed by atoms with Gasteiger partial charge in [0, 0.05) is 17.4 Å². The molecule has 0 atom stereocenters. The van der Waals surface area contributed by atoms with E-state index in [0.29, 0.717) is 6.04 Å². The molecule has 0 bridgehead atoms. The van der Waals surface area contributed by atoms with Crippen molar-refractivity contribution in [2.24, 2.45) is 0 Å². The molecule has 1 fully saturated rings. The Morgan fingerprint density at radius 3 is 2.35 bits per heavy atom. The molecule has 5 heteroatoms. The Kier molecular flexibility index (Phi) is 4.78. The number of pyridine rings is 1. The van der Waals surface area contributed by atoms with Gasteiger partial charge in [-0.2, -0.15) is 0 Å². The normalized spacial score (nSPS) is 21.4. The van der Waals surface area contributed by atoms with Crippen LogP contribution in [0.25, 0.3) is 5.82 Å². The fourth-order valence-corrected chi connectivity index (χ4v) is 3.61. The molecule has 23 heavy (non-hydrogen) atoms. The summed E-state index contributed by atoms with van der Waals surface area (Å²) in [5.41, 5.74) is 3.53. The van der Waals surface area contributed by atoms with Crippen LogP contribution in [0.2, 0.25) is 0 Å². The van der Waals surface area contributed by atoms with Gasteiger partial charge in [-0.05, 0) is 86.1 Å². The summed E-state index contributed by atoms with van der Waals surface area (Å²) in [4.78, 5) is 4.85. The summed E-state index contributed by atoms with van der Waals surface area (Å²) < 4.78 is 3.20. The van der Waals surface area contributed by atoms with Crippen molar-refractivity contribution in [2.45, 2.75) is 58.6 Å². The first kappa shape index (κ1) is 16.5. The molecule has 0 aliphatic heterocycles. The zero-order valence-corrected chi connectivity index (χ0v) is 15.5. The Balaban J connectivity index is 1.91. The molecule has 124 valence electrons. The molecule has 2 aromatic heterocycles. The smallest absolute Gasteiger partial charge is 0.143 e. The summed E-state index contributed by atoms with van der Waals surface area (Å²) in [6.07, 6.45) is 3.57. The highest BCUT2D eigenvalue weighted by atomic mass is 79.9. The average molecular weight is 378 g/mol. The van der Waals surface area contributed by atoms with Crippen LogP contribution in [0.15, 0.2) is 22.7 Å². The van der Waals surface area contributed by atoms with E-state index in [4.69, 9.17) is 4.98 Å². The van der Waals surface area contributed by atoms with Crippen molar-refractivity contribution in [3.05, 3.63) is 39.6 Å². The number of rotatable bonds is 3. The van der Waals surface area contributed by atoms with E-state index < -0.39 is 0 Å². The van der Waals surface area contributed by atoms with Crippen LogP contribution < -0.4 is 5.32 Å². The minimum Gasteiger partial charge on any atom is -0.393 e. The minimum absolute atomic E-state index is 0.136. The number of aromatic nitrogens is 2. The van der Waals surface area contributed by atoms with Gasteiger partial charge in [-0.1, -0.05) is 0 Å². The number of anilines is 1. The number of hydrogen-bond acceptors (Lipinski definition) is 3. The number of nitrogens with one attached hydrogen (secondary N) is 1. The van der Waals surface area contributed by atoms with Crippen LogP contribution in [0.5, 0.6) is 0 Å².